The molecule has 4 rings (SSSR count). The largest absolute Gasteiger partial charge is 0.465 e. The predicted molar refractivity (Wildman–Crippen MR) is 85.4 cm³/mol. The molecule has 1 atom stereocenters. The highest BCUT2D eigenvalue weighted by molar-refractivity contribution is 6.01. The molecule has 0 unspecified atom stereocenters. The summed E-state index contributed by atoms with van der Waals surface area (Å²) in [6.45, 7) is 6.02. The summed E-state index contributed by atoms with van der Waals surface area (Å²) in [5.41, 5.74) is 1.74. The average Bonchev–Trinajstić information content (AvgIpc) is 3.02. The van der Waals surface area contributed by atoms with Crippen LogP contribution in [0.25, 0.3) is 0 Å². The fourth-order valence-electron chi connectivity index (χ4n) is 3.71. The van der Waals surface area contributed by atoms with Crippen LogP contribution in [-0.4, -0.2) is 16.0 Å². The van der Waals surface area contributed by atoms with E-state index in [1.54, 1.807) is 0 Å². The lowest BCUT2D eigenvalue weighted by atomic mass is 9.70. The van der Waals surface area contributed by atoms with E-state index in [0.29, 0.717) is 29.1 Å². The first-order valence-corrected chi connectivity index (χ1v) is 7.76. The van der Waals surface area contributed by atoms with Crippen LogP contribution < -0.4 is 10.9 Å². The second-order valence-electron chi connectivity index (χ2n) is 7.21. The molecule has 2 aromatic rings. The number of nitrogens with one attached hydrogen (secondary N) is 3. The molecule has 0 fully saturated rings. The zero-order valence-corrected chi connectivity index (χ0v) is 13.4. The van der Waals surface area contributed by atoms with E-state index in [9.17, 15) is 9.59 Å². The summed E-state index contributed by atoms with van der Waals surface area (Å²) in [4.78, 5) is 25.1. The summed E-state index contributed by atoms with van der Waals surface area (Å²) in [5.74, 6) is 1.65. The lowest BCUT2D eigenvalue weighted by Gasteiger charge is -2.37. The maximum atomic E-state index is 12.8. The summed E-state index contributed by atoms with van der Waals surface area (Å²) >= 11 is 0. The Labute approximate surface area is 133 Å². The van der Waals surface area contributed by atoms with Crippen molar-refractivity contribution < 1.29 is 9.21 Å². The highest BCUT2D eigenvalue weighted by Crippen LogP contribution is 2.47. The zero-order chi connectivity index (χ0) is 16.4. The average molecular weight is 313 g/mol. The normalized spacial score (nSPS) is 22.6. The number of aromatic amines is 2. The molecule has 1 aliphatic carbocycles. The summed E-state index contributed by atoms with van der Waals surface area (Å²) in [5, 5.41) is 8.72. The van der Waals surface area contributed by atoms with Crippen molar-refractivity contribution >= 4 is 11.6 Å². The highest BCUT2D eigenvalue weighted by atomic mass is 16.3. The molecular formula is C17H19N3O3. The van der Waals surface area contributed by atoms with Crippen molar-refractivity contribution in [3.8, 4) is 0 Å². The first-order valence-electron chi connectivity index (χ1n) is 7.76. The van der Waals surface area contributed by atoms with Crippen molar-refractivity contribution in [2.45, 2.75) is 39.5 Å². The van der Waals surface area contributed by atoms with Crippen LogP contribution in [0, 0.1) is 12.3 Å². The number of rotatable bonds is 1. The number of Topliss-reactive ketones (excluding diaryl/α,β-unsaturated/α-hetero) is 1. The summed E-state index contributed by atoms with van der Waals surface area (Å²) < 4.78 is 5.77. The third-order valence-electron chi connectivity index (χ3n) is 4.63. The molecule has 3 N–H and O–H groups in total. The van der Waals surface area contributed by atoms with Gasteiger partial charge in [-0.05, 0) is 30.9 Å². The number of ketones is 1. The number of H-pyrrole nitrogens is 2. The van der Waals surface area contributed by atoms with Gasteiger partial charge in [0.05, 0.1) is 11.5 Å². The minimum atomic E-state index is -0.450. The highest BCUT2D eigenvalue weighted by Gasteiger charge is 2.43. The molecule has 2 aliphatic rings. The Morgan fingerprint density at radius 2 is 1.96 bits per heavy atom. The van der Waals surface area contributed by atoms with Crippen LogP contribution in [0.5, 0.6) is 0 Å². The van der Waals surface area contributed by atoms with Gasteiger partial charge >= 0.3 is 0 Å². The van der Waals surface area contributed by atoms with Crippen molar-refractivity contribution in [2.24, 2.45) is 5.41 Å². The molecule has 0 spiro atoms. The Kier molecular flexibility index (Phi) is 2.76. The van der Waals surface area contributed by atoms with E-state index in [1.807, 2.05) is 19.1 Å². The molecule has 2 aromatic heterocycles. The third-order valence-corrected chi connectivity index (χ3v) is 4.63. The molecule has 0 bridgehead atoms. The number of carbonyl (C=O) groups is 1. The lowest BCUT2D eigenvalue weighted by molar-refractivity contribution is -0.118. The van der Waals surface area contributed by atoms with Crippen LogP contribution in [-0.2, 0) is 4.79 Å². The molecule has 0 amide bonds. The number of anilines is 1. The van der Waals surface area contributed by atoms with Gasteiger partial charge in [0.2, 0.25) is 0 Å². The molecular weight excluding hydrogens is 294 g/mol. The second-order valence-corrected chi connectivity index (χ2v) is 7.21. The Bertz CT molecular complexity index is 894. The first kappa shape index (κ1) is 14.1. The maximum absolute atomic E-state index is 12.8. The summed E-state index contributed by atoms with van der Waals surface area (Å²) in [6.07, 6.45) is 1.23. The molecule has 1 aliphatic heterocycles. The number of aryl methyl sites for hydroxylation is 1. The first-order chi connectivity index (χ1) is 10.9. The molecule has 23 heavy (non-hydrogen) atoms. The molecule has 0 saturated heterocycles. The van der Waals surface area contributed by atoms with Crippen molar-refractivity contribution in [3.05, 3.63) is 50.8 Å². The van der Waals surface area contributed by atoms with Gasteiger partial charge < -0.3 is 9.73 Å². The Balaban J connectivity index is 1.95. The number of allylic oxidation sites excluding steroid dienone is 2. The predicted octanol–water partition coefficient (Wildman–Crippen LogP) is 2.81. The van der Waals surface area contributed by atoms with E-state index in [4.69, 9.17) is 4.42 Å². The van der Waals surface area contributed by atoms with Crippen LogP contribution in [0.1, 0.15) is 49.7 Å². The quantitative estimate of drug-likeness (QED) is 0.755. The monoisotopic (exact) mass is 313 g/mol. The molecule has 6 heteroatoms. The van der Waals surface area contributed by atoms with Crippen molar-refractivity contribution in [2.75, 3.05) is 5.32 Å². The van der Waals surface area contributed by atoms with Gasteiger partial charge in [-0.25, -0.2) is 0 Å². The van der Waals surface area contributed by atoms with Crippen molar-refractivity contribution in [1.82, 2.24) is 10.2 Å². The van der Waals surface area contributed by atoms with Gasteiger partial charge in [0.1, 0.15) is 17.3 Å². The van der Waals surface area contributed by atoms with Gasteiger partial charge in [-0.1, -0.05) is 13.8 Å². The SMILES string of the molecule is Cc1ccc([C@@H]2C3=C(CC(C)(C)CC3=O)Nc3[nH][nH]c(=O)c32)o1. The standard InChI is InChI=1S/C17H19N3O3/c1-8-4-5-11(23-8)13-12-9(6-17(2,3)7-10(12)21)18-15-14(13)16(22)20-19-15/h4-5,13H,6-7H2,1-3H3,(H3,18,19,20,22)/t13-/m1/s1. The minimum Gasteiger partial charge on any atom is -0.465 e. The van der Waals surface area contributed by atoms with Gasteiger partial charge in [0, 0.05) is 17.7 Å². The Hall–Kier alpha value is -2.50. The molecule has 0 radical (unpaired) electrons. The number of aromatic nitrogens is 2. The fourth-order valence-corrected chi connectivity index (χ4v) is 3.71. The third kappa shape index (κ3) is 2.09. The fraction of sp³-hybridized carbons (Fsp3) is 0.412. The van der Waals surface area contributed by atoms with Crippen LogP contribution in [0.3, 0.4) is 0 Å². The number of hydrogen-bond donors (Lipinski definition) is 3. The van der Waals surface area contributed by atoms with Crippen LogP contribution >= 0.6 is 0 Å². The Morgan fingerprint density at radius 1 is 1.17 bits per heavy atom. The van der Waals surface area contributed by atoms with E-state index < -0.39 is 5.92 Å². The Morgan fingerprint density at radius 3 is 2.65 bits per heavy atom. The number of carbonyl (C=O) groups excluding carboxylic acids is 1. The van der Waals surface area contributed by atoms with Gasteiger partial charge in [0.15, 0.2) is 5.78 Å². The van der Waals surface area contributed by atoms with Crippen LogP contribution in [0.2, 0.25) is 0 Å². The van der Waals surface area contributed by atoms with Crippen LogP contribution in [0.4, 0.5) is 5.82 Å². The number of fused-ring (bicyclic) bond motifs is 1. The smallest absolute Gasteiger partial charge is 0.270 e. The molecule has 6 nitrogen and oxygen atoms in total. The second kappa shape index (κ2) is 4.50. The van der Waals surface area contributed by atoms with E-state index in [0.717, 1.165) is 17.9 Å². The van der Waals surface area contributed by atoms with Gasteiger partial charge in [0.25, 0.3) is 5.56 Å². The summed E-state index contributed by atoms with van der Waals surface area (Å²) in [7, 11) is 0. The molecule has 0 aromatic carbocycles. The molecule has 120 valence electrons. The number of furan rings is 1. The number of hydrogen-bond acceptors (Lipinski definition) is 4. The van der Waals surface area contributed by atoms with E-state index in [2.05, 4.69) is 29.4 Å². The molecule has 0 saturated carbocycles. The van der Waals surface area contributed by atoms with E-state index in [1.165, 1.54) is 0 Å². The van der Waals surface area contributed by atoms with Gasteiger partial charge in [-0.3, -0.25) is 19.8 Å². The van der Waals surface area contributed by atoms with Gasteiger partial charge in [-0.2, -0.15) is 0 Å². The minimum absolute atomic E-state index is 0.0778. The maximum Gasteiger partial charge on any atom is 0.270 e. The van der Waals surface area contributed by atoms with E-state index >= 15 is 0 Å². The van der Waals surface area contributed by atoms with Crippen molar-refractivity contribution in [3.63, 3.8) is 0 Å². The lowest BCUT2D eigenvalue weighted by Crippen LogP contribution is -2.34. The van der Waals surface area contributed by atoms with Crippen molar-refractivity contribution in [1.29, 1.82) is 0 Å². The molecule has 3 heterocycles. The zero-order valence-electron chi connectivity index (χ0n) is 13.4. The van der Waals surface area contributed by atoms with Crippen LogP contribution in [0.15, 0.2) is 32.6 Å². The van der Waals surface area contributed by atoms with E-state index in [-0.39, 0.29) is 16.8 Å². The van der Waals surface area contributed by atoms with Gasteiger partial charge in [-0.15, -0.1) is 0 Å². The topological polar surface area (TPSA) is 90.9 Å². The summed E-state index contributed by atoms with van der Waals surface area (Å²) in [6, 6.07) is 3.70.